The molecule has 0 fully saturated rings. The first kappa shape index (κ1) is 17.1. The molecule has 24 heavy (non-hydrogen) atoms. The van der Waals surface area contributed by atoms with Crippen LogP contribution in [0.15, 0.2) is 48.5 Å². The zero-order valence-electron chi connectivity index (χ0n) is 12.9. The van der Waals surface area contributed by atoms with Gasteiger partial charge in [0.1, 0.15) is 18.1 Å². The Labute approximate surface area is 138 Å². The summed E-state index contributed by atoms with van der Waals surface area (Å²) in [5, 5.41) is 10.8. The van der Waals surface area contributed by atoms with Crippen LogP contribution in [0.3, 0.4) is 0 Å². The topological polar surface area (TPSA) is 95.7 Å². The lowest BCUT2D eigenvalue weighted by atomic mass is 10.1. The molecule has 7 nitrogen and oxygen atoms in total. The maximum Gasteiger partial charge on any atom is 0.344 e. The van der Waals surface area contributed by atoms with Gasteiger partial charge in [-0.05, 0) is 36.8 Å². The van der Waals surface area contributed by atoms with Gasteiger partial charge in [-0.1, -0.05) is 12.1 Å². The molecular weight excluding hydrogens is 314 g/mol. The van der Waals surface area contributed by atoms with Crippen LogP contribution in [0.4, 0.5) is 5.69 Å². The number of aldehydes is 1. The molecule has 1 atom stereocenters. The number of nitro groups is 1. The molecule has 0 radical (unpaired) electrons. The van der Waals surface area contributed by atoms with Gasteiger partial charge in [-0.25, -0.2) is 4.79 Å². The molecule has 0 amide bonds. The number of nitrogens with zero attached hydrogens (tertiary/aromatic N) is 1. The summed E-state index contributed by atoms with van der Waals surface area (Å²) >= 11 is 0. The number of esters is 1. The molecule has 0 bridgehead atoms. The van der Waals surface area contributed by atoms with E-state index < -0.39 is 17.0 Å². The second kappa shape index (κ2) is 7.87. The molecule has 7 heteroatoms. The molecule has 0 saturated carbocycles. The Morgan fingerprint density at radius 3 is 2.58 bits per heavy atom. The first-order valence-corrected chi connectivity index (χ1v) is 7.11. The van der Waals surface area contributed by atoms with E-state index in [1.165, 1.54) is 18.2 Å². The molecule has 0 spiro atoms. The van der Waals surface area contributed by atoms with E-state index in [1.54, 1.807) is 37.3 Å². The molecule has 0 heterocycles. The van der Waals surface area contributed by atoms with Crippen LogP contribution in [0.5, 0.6) is 5.75 Å². The standard InChI is InChI=1S/C17H15NO6/c1-12(14-3-2-4-15(9-14)18(21)22)24-17(20)11-23-16-7-5-13(10-19)6-8-16/h2-10,12H,11H2,1H3/t12-/m0/s1. The summed E-state index contributed by atoms with van der Waals surface area (Å²) in [6.07, 6.45) is 0.0668. The molecule has 0 N–H and O–H groups in total. The van der Waals surface area contributed by atoms with Gasteiger partial charge in [0.25, 0.3) is 5.69 Å². The van der Waals surface area contributed by atoms with Crippen molar-refractivity contribution in [3.8, 4) is 5.75 Å². The number of nitro benzene ring substituents is 1. The Bertz CT molecular complexity index is 741. The summed E-state index contributed by atoms with van der Waals surface area (Å²) < 4.78 is 10.5. The third-order valence-corrected chi connectivity index (χ3v) is 3.23. The first-order chi connectivity index (χ1) is 11.5. The van der Waals surface area contributed by atoms with Crippen LogP contribution in [-0.2, 0) is 9.53 Å². The van der Waals surface area contributed by atoms with Crippen molar-refractivity contribution in [1.82, 2.24) is 0 Å². The summed E-state index contributed by atoms with van der Waals surface area (Å²) in [4.78, 5) is 32.6. The quantitative estimate of drug-likeness (QED) is 0.335. The first-order valence-electron chi connectivity index (χ1n) is 7.11. The van der Waals surface area contributed by atoms with Crippen LogP contribution >= 0.6 is 0 Å². The SMILES string of the molecule is C[C@H](OC(=O)COc1ccc(C=O)cc1)c1cccc([N+](=O)[O-])c1. The van der Waals surface area contributed by atoms with Gasteiger partial charge in [0.15, 0.2) is 6.61 Å². The largest absolute Gasteiger partial charge is 0.482 e. The highest BCUT2D eigenvalue weighted by molar-refractivity contribution is 5.75. The number of benzene rings is 2. The molecule has 0 unspecified atom stereocenters. The van der Waals surface area contributed by atoms with Crippen molar-refractivity contribution in [1.29, 1.82) is 0 Å². The van der Waals surface area contributed by atoms with Crippen molar-refractivity contribution >= 4 is 17.9 Å². The Morgan fingerprint density at radius 1 is 1.25 bits per heavy atom. The molecule has 0 aliphatic rings. The number of carbonyl (C=O) groups is 2. The second-order valence-electron chi connectivity index (χ2n) is 4.96. The van der Waals surface area contributed by atoms with Crippen molar-refractivity contribution in [2.24, 2.45) is 0 Å². The Hall–Kier alpha value is -3.22. The molecular formula is C17H15NO6. The van der Waals surface area contributed by atoms with Crippen molar-refractivity contribution in [3.05, 3.63) is 69.8 Å². The van der Waals surface area contributed by atoms with Crippen LogP contribution in [-0.4, -0.2) is 23.8 Å². The van der Waals surface area contributed by atoms with Gasteiger partial charge < -0.3 is 9.47 Å². The van der Waals surface area contributed by atoms with E-state index in [9.17, 15) is 19.7 Å². The van der Waals surface area contributed by atoms with Crippen LogP contribution in [0.25, 0.3) is 0 Å². The highest BCUT2D eigenvalue weighted by Gasteiger charge is 2.15. The van der Waals surface area contributed by atoms with Crippen molar-refractivity contribution in [2.45, 2.75) is 13.0 Å². The van der Waals surface area contributed by atoms with E-state index in [2.05, 4.69) is 0 Å². The van der Waals surface area contributed by atoms with Gasteiger partial charge in [-0.3, -0.25) is 14.9 Å². The van der Waals surface area contributed by atoms with Gasteiger partial charge in [0.2, 0.25) is 0 Å². The highest BCUT2D eigenvalue weighted by atomic mass is 16.6. The van der Waals surface area contributed by atoms with Crippen LogP contribution in [0.2, 0.25) is 0 Å². The molecule has 0 aliphatic heterocycles. The Balaban J connectivity index is 1.90. The maximum atomic E-state index is 11.8. The number of hydrogen-bond acceptors (Lipinski definition) is 6. The predicted octanol–water partition coefficient (Wildman–Crippen LogP) is 3.09. The third kappa shape index (κ3) is 4.64. The summed E-state index contributed by atoms with van der Waals surface area (Å²) in [5.41, 5.74) is 0.957. The van der Waals surface area contributed by atoms with E-state index in [0.717, 1.165) is 0 Å². The fourth-order valence-corrected chi connectivity index (χ4v) is 1.98. The number of ether oxygens (including phenoxy) is 2. The number of rotatable bonds is 7. The minimum Gasteiger partial charge on any atom is -0.482 e. The Morgan fingerprint density at radius 2 is 1.96 bits per heavy atom. The molecule has 124 valence electrons. The molecule has 0 aliphatic carbocycles. The monoisotopic (exact) mass is 329 g/mol. The minimum absolute atomic E-state index is 0.0677. The average molecular weight is 329 g/mol. The Kier molecular flexibility index (Phi) is 5.62. The van der Waals surface area contributed by atoms with E-state index in [1.807, 2.05) is 0 Å². The smallest absolute Gasteiger partial charge is 0.344 e. The van der Waals surface area contributed by atoms with Gasteiger partial charge in [0, 0.05) is 17.7 Å². The fraction of sp³-hybridized carbons (Fsp3) is 0.176. The van der Waals surface area contributed by atoms with Crippen LogP contribution in [0.1, 0.15) is 28.9 Å². The van der Waals surface area contributed by atoms with Gasteiger partial charge in [-0.15, -0.1) is 0 Å². The van der Waals surface area contributed by atoms with Gasteiger partial charge >= 0.3 is 5.97 Å². The van der Waals surface area contributed by atoms with Gasteiger partial charge in [0.05, 0.1) is 4.92 Å². The fourth-order valence-electron chi connectivity index (χ4n) is 1.98. The molecule has 0 saturated heterocycles. The van der Waals surface area contributed by atoms with Crippen LogP contribution in [0, 0.1) is 10.1 Å². The number of non-ortho nitro benzene ring substituents is 1. The second-order valence-corrected chi connectivity index (χ2v) is 4.96. The normalized spacial score (nSPS) is 11.4. The lowest BCUT2D eigenvalue weighted by molar-refractivity contribution is -0.385. The maximum absolute atomic E-state index is 11.8. The zero-order chi connectivity index (χ0) is 17.5. The number of hydrogen-bond donors (Lipinski definition) is 0. The number of carbonyl (C=O) groups excluding carboxylic acids is 2. The summed E-state index contributed by atoms with van der Waals surface area (Å²) in [6.45, 7) is 1.32. The lowest BCUT2D eigenvalue weighted by Crippen LogP contribution is -2.17. The van der Waals surface area contributed by atoms with Crippen LogP contribution < -0.4 is 4.74 Å². The van der Waals surface area contributed by atoms with Crippen molar-refractivity contribution < 1.29 is 24.0 Å². The molecule has 0 aromatic heterocycles. The predicted molar refractivity (Wildman–Crippen MR) is 84.9 cm³/mol. The molecule has 2 aromatic carbocycles. The average Bonchev–Trinajstić information content (AvgIpc) is 2.60. The summed E-state index contributed by atoms with van der Waals surface area (Å²) in [7, 11) is 0. The molecule has 2 aromatic rings. The lowest BCUT2D eigenvalue weighted by Gasteiger charge is -2.14. The summed E-state index contributed by atoms with van der Waals surface area (Å²) in [5.74, 6) is -0.172. The van der Waals surface area contributed by atoms with E-state index in [0.29, 0.717) is 23.2 Å². The van der Waals surface area contributed by atoms with Gasteiger partial charge in [-0.2, -0.15) is 0 Å². The van der Waals surface area contributed by atoms with E-state index in [4.69, 9.17) is 9.47 Å². The zero-order valence-corrected chi connectivity index (χ0v) is 12.9. The van der Waals surface area contributed by atoms with Crippen molar-refractivity contribution in [3.63, 3.8) is 0 Å². The molecule has 2 rings (SSSR count). The van der Waals surface area contributed by atoms with Crippen molar-refractivity contribution in [2.75, 3.05) is 6.61 Å². The highest BCUT2D eigenvalue weighted by Crippen LogP contribution is 2.22. The third-order valence-electron chi connectivity index (χ3n) is 3.23. The van der Waals surface area contributed by atoms with E-state index in [-0.39, 0.29) is 12.3 Å². The summed E-state index contributed by atoms with van der Waals surface area (Å²) in [6, 6.07) is 12.2. The van der Waals surface area contributed by atoms with E-state index >= 15 is 0 Å². The minimum atomic E-state index is -0.640.